The fourth-order valence-corrected chi connectivity index (χ4v) is 2.04. The van der Waals surface area contributed by atoms with Crippen LogP contribution in [0.5, 0.6) is 11.5 Å². The van der Waals surface area contributed by atoms with E-state index in [1.807, 2.05) is 32.9 Å². The first-order valence-corrected chi connectivity index (χ1v) is 7.12. The highest BCUT2D eigenvalue weighted by Gasteiger charge is 2.11. The van der Waals surface area contributed by atoms with Gasteiger partial charge in [0.05, 0.1) is 13.3 Å². The number of carbonyl (C=O) groups excluding carboxylic acids is 1. The molecule has 0 spiro atoms. The van der Waals surface area contributed by atoms with Gasteiger partial charge in [0.1, 0.15) is 5.82 Å². The number of amides is 1. The molecule has 0 saturated carbocycles. The van der Waals surface area contributed by atoms with Crippen molar-refractivity contribution in [1.29, 1.82) is 0 Å². The maximum Gasteiger partial charge on any atom is 0.263 e. The standard InChI is InChI=1S/C16H21N3O3/c1-11(2)19-15(7-8-17-19)18-16(20)10-22-13-6-5-12(3)9-14(13)21-4/h5-9,11H,10H2,1-4H3,(H,18,20). The Kier molecular flexibility index (Phi) is 5.04. The molecule has 0 unspecified atom stereocenters. The van der Waals surface area contributed by atoms with Gasteiger partial charge >= 0.3 is 0 Å². The van der Waals surface area contributed by atoms with E-state index < -0.39 is 0 Å². The van der Waals surface area contributed by atoms with E-state index in [2.05, 4.69) is 10.4 Å². The molecule has 0 saturated heterocycles. The number of nitrogens with one attached hydrogen (secondary N) is 1. The van der Waals surface area contributed by atoms with Gasteiger partial charge in [-0.05, 0) is 38.5 Å². The van der Waals surface area contributed by atoms with E-state index >= 15 is 0 Å². The maximum atomic E-state index is 12.0. The van der Waals surface area contributed by atoms with Gasteiger partial charge in [-0.25, -0.2) is 4.68 Å². The zero-order chi connectivity index (χ0) is 16.1. The Bertz CT molecular complexity index is 650. The number of benzene rings is 1. The van der Waals surface area contributed by atoms with Crippen LogP contribution in [-0.4, -0.2) is 29.4 Å². The van der Waals surface area contributed by atoms with Gasteiger partial charge < -0.3 is 14.8 Å². The van der Waals surface area contributed by atoms with Gasteiger partial charge in [0.2, 0.25) is 0 Å². The van der Waals surface area contributed by atoms with Crippen molar-refractivity contribution in [3.63, 3.8) is 0 Å². The lowest BCUT2D eigenvalue weighted by Crippen LogP contribution is -2.22. The minimum Gasteiger partial charge on any atom is -0.493 e. The summed E-state index contributed by atoms with van der Waals surface area (Å²) in [4.78, 5) is 12.0. The van der Waals surface area contributed by atoms with Crippen LogP contribution < -0.4 is 14.8 Å². The molecule has 0 aliphatic heterocycles. The van der Waals surface area contributed by atoms with Gasteiger partial charge in [-0.2, -0.15) is 5.10 Å². The number of carbonyl (C=O) groups is 1. The highest BCUT2D eigenvalue weighted by atomic mass is 16.5. The van der Waals surface area contributed by atoms with Gasteiger partial charge in [-0.3, -0.25) is 4.79 Å². The van der Waals surface area contributed by atoms with Crippen LogP contribution in [0.4, 0.5) is 5.82 Å². The van der Waals surface area contributed by atoms with E-state index in [0.29, 0.717) is 17.3 Å². The predicted molar refractivity (Wildman–Crippen MR) is 84.5 cm³/mol. The van der Waals surface area contributed by atoms with E-state index in [1.165, 1.54) is 0 Å². The number of aryl methyl sites for hydroxylation is 1. The summed E-state index contributed by atoms with van der Waals surface area (Å²) in [5.41, 5.74) is 1.06. The molecule has 0 atom stereocenters. The normalized spacial score (nSPS) is 10.6. The molecule has 0 aliphatic rings. The SMILES string of the molecule is COc1cc(C)ccc1OCC(=O)Nc1ccnn1C(C)C. The number of aromatic nitrogens is 2. The Balaban J connectivity index is 1.97. The number of ether oxygens (including phenoxy) is 2. The van der Waals surface area contributed by atoms with Crippen LogP contribution in [0, 0.1) is 6.92 Å². The molecule has 0 fully saturated rings. The molecule has 0 radical (unpaired) electrons. The molecular weight excluding hydrogens is 282 g/mol. The van der Waals surface area contributed by atoms with Crippen LogP contribution in [0.1, 0.15) is 25.5 Å². The van der Waals surface area contributed by atoms with Crippen molar-refractivity contribution >= 4 is 11.7 Å². The number of rotatable bonds is 6. The Labute approximate surface area is 130 Å². The topological polar surface area (TPSA) is 65.4 Å². The minimum atomic E-state index is -0.245. The lowest BCUT2D eigenvalue weighted by atomic mass is 10.2. The molecule has 1 aromatic heterocycles. The third-order valence-corrected chi connectivity index (χ3v) is 3.10. The third kappa shape index (κ3) is 3.78. The molecule has 0 aliphatic carbocycles. The lowest BCUT2D eigenvalue weighted by molar-refractivity contribution is -0.118. The first kappa shape index (κ1) is 15.9. The molecule has 118 valence electrons. The summed E-state index contributed by atoms with van der Waals surface area (Å²) in [5, 5.41) is 6.95. The number of nitrogens with zero attached hydrogens (tertiary/aromatic N) is 2. The highest BCUT2D eigenvalue weighted by molar-refractivity contribution is 5.91. The molecule has 22 heavy (non-hydrogen) atoms. The first-order chi connectivity index (χ1) is 10.5. The fourth-order valence-electron chi connectivity index (χ4n) is 2.04. The second-order valence-corrected chi connectivity index (χ2v) is 5.25. The van der Waals surface area contributed by atoms with Crippen molar-refractivity contribution in [3.8, 4) is 11.5 Å². The second kappa shape index (κ2) is 6.98. The Hall–Kier alpha value is -2.50. The van der Waals surface area contributed by atoms with E-state index in [0.717, 1.165) is 5.56 Å². The largest absolute Gasteiger partial charge is 0.493 e. The highest BCUT2D eigenvalue weighted by Crippen LogP contribution is 2.27. The smallest absolute Gasteiger partial charge is 0.263 e. The van der Waals surface area contributed by atoms with Gasteiger partial charge in [0.25, 0.3) is 5.91 Å². The molecular formula is C16H21N3O3. The zero-order valence-electron chi connectivity index (χ0n) is 13.3. The van der Waals surface area contributed by atoms with Crippen molar-refractivity contribution in [1.82, 2.24) is 9.78 Å². The zero-order valence-corrected chi connectivity index (χ0v) is 13.3. The molecule has 6 heteroatoms. The average molecular weight is 303 g/mol. The Morgan fingerprint density at radius 1 is 1.32 bits per heavy atom. The Morgan fingerprint density at radius 2 is 2.09 bits per heavy atom. The molecule has 1 aromatic carbocycles. The molecule has 2 aromatic rings. The predicted octanol–water partition coefficient (Wildman–Crippen LogP) is 2.80. The van der Waals surface area contributed by atoms with Crippen LogP contribution in [0.15, 0.2) is 30.5 Å². The van der Waals surface area contributed by atoms with Crippen molar-refractivity contribution < 1.29 is 14.3 Å². The van der Waals surface area contributed by atoms with Crippen LogP contribution in [0.25, 0.3) is 0 Å². The van der Waals surface area contributed by atoms with Crippen molar-refractivity contribution in [2.45, 2.75) is 26.8 Å². The molecule has 1 amide bonds. The summed E-state index contributed by atoms with van der Waals surface area (Å²) in [6.07, 6.45) is 1.65. The summed E-state index contributed by atoms with van der Waals surface area (Å²) in [6, 6.07) is 7.48. The monoisotopic (exact) mass is 303 g/mol. The summed E-state index contributed by atoms with van der Waals surface area (Å²) < 4.78 is 12.5. The van der Waals surface area contributed by atoms with E-state index in [1.54, 1.807) is 30.1 Å². The van der Waals surface area contributed by atoms with Crippen LogP contribution >= 0.6 is 0 Å². The minimum absolute atomic E-state index is 0.0945. The molecule has 2 rings (SSSR count). The lowest BCUT2D eigenvalue weighted by Gasteiger charge is -2.13. The second-order valence-electron chi connectivity index (χ2n) is 5.25. The van der Waals surface area contributed by atoms with E-state index in [9.17, 15) is 4.79 Å². The van der Waals surface area contributed by atoms with Crippen molar-refractivity contribution in [3.05, 3.63) is 36.0 Å². The molecule has 1 N–H and O–H groups in total. The molecule has 0 bridgehead atoms. The summed E-state index contributed by atoms with van der Waals surface area (Å²) in [5.74, 6) is 1.56. The average Bonchev–Trinajstić information content (AvgIpc) is 2.94. The van der Waals surface area contributed by atoms with Gasteiger partial charge in [-0.15, -0.1) is 0 Å². The van der Waals surface area contributed by atoms with Crippen molar-refractivity contribution in [2.75, 3.05) is 19.0 Å². The maximum absolute atomic E-state index is 12.0. The summed E-state index contributed by atoms with van der Waals surface area (Å²) in [6.45, 7) is 5.86. The molecule has 6 nitrogen and oxygen atoms in total. The third-order valence-electron chi connectivity index (χ3n) is 3.10. The van der Waals surface area contributed by atoms with E-state index in [-0.39, 0.29) is 18.6 Å². The fraction of sp³-hybridized carbons (Fsp3) is 0.375. The Morgan fingerprint density at radius 3 is 2.77 bits per heavy atom. The van der Waals surface area contributed by atoms with E-state index in [4.69, 9.17) is 9.47 Å². The van der Waals surface area contributed by atoms with Gasteiger partial charge in [0, 0.05) is 12.1 Å². The quantitative estimate of drug-likeness (QED) is 0.891. The van der Waals surface area contributed by atoms with Gasteiger partial charge in [-0.1, -0.05) is 6.07 Å². The van der Waals surface area contributed by atoms with Crippen LogP contribution in [0.3, 0.4) is 0 Å². The summed E-state index contributed by atoms with van der Waals surface area (Å²) in [7, 11) is 1.57. The first-order valence-electron chi connectivity index (χ1n) is 7.12. The number of hydrogen-bond acceptors (Lipinski definition) is 4. The van der Waals surface area contributed by atoms with Crippen LogP contribution in [0.2, 0.25) is 0 Å². The van der Waals surface area contributed by atoms with Crippen molar-refractivity contribution in [2.24, 2.45) is 0 Å². The molecule has 1 heterocycles. The number of methoxy groups -OCH3 is 1. The number of hydrogen-bond donors (Lipinski definition) is 1. The van der Waals surface area contributed by atoms with Crippen LogP contribution in [-0.2, 0) is 4.79 Å². The van der Waals surface area contributed by atoms with Gasteiger partial charge in [0.15, 0.2) is 18.1 Å². The number of anilines is 1. The summed E-state index contributed by atoms with van der Waals surface area (Å²) >= 11 is 0.